The SMILES string of the molecule is O=C(CCC1CC(S(=O)(=O)c2cccc(Cl)c2)C1)c1cnc(C(F)(F)F)nc1. The number of alkyl halides is 3. The Labute approximate surface area is 164 Å². The Morgan fingerprint density at radius 3 is 2.39 bits per heavy atom. The van der Waals surface area contributed by atoms with Gasteiger partial charge in [-0.3, -0.25) is 4.79 Å². The van der Waals surface area contributed by atoms with Crippen molar-refractivity contribution >= 4 is 27.2 Å². The molecule has 150 valence electrons. The first-order valence-corrected chi connectivity index (χ1v) is 10.4. The average Bonchev–Trinajstić information content (AvgIpc) is 2.59. The molecule has 1 heterocycles. The molecule has 1 aliphatic rings. The normalized spacial score (nSPS) is 19.9. The minimum atomic E-state index is -4.66. The van der Waals surface area contributed by atoms with Gasteiger partial charge in [-0.05, 0) is 43.4 Å². The Morgan fingerprint density at radius 1 is 1.18 bits per heavy atom. The van der Waals surface area contributed by atoms with Crippen molar-refractivity contribution in [2.75, 3.05) is 0 Å². The Hall–Kier alpha value is -2.00. The molecule has 0 radical (unpaired) electrons. The van der Waals surface area contributed by atoms with Crippen molar-refractivity contribution in [3.63, 3.8) is 0 Å². The highest BCUT2D eigenvalue weighted by Crippen LogP contribution is 2.39. The van der Waals surface area contributed by atoms with Gasteiger partial charge in [0, 0.05) is 23.8 Å². The summed E-state index contributed by atoms with van der Waals surface area (Å²) in [5, 5.41) is -0.165. The fraction of sp³-hybridized carbons (Fsp3) is 0.389. The molecule has 0 amide bonds. The summed E-state index contributed by atoms with van der Waals surface area (Å²) in [4.78, 5) is 18.6. The van der Waals surface area contributed by atoms with Crippen LogP contribution in [0.5, 0.6) is 0 Å². The first-order chi connectivity index (χ1) is 13.1. The number of hydrogen-bond acceptors (Lipinski definition) is 5. The monoisotopic (exact) mass is 432 g/mol. The van der Waals surface area contributed by atoms with Crippen molar-refractivity contribution in [1.29, 1.82) is 0 Å². The molecule has 0 atom stereocenters. The van der Waals surface area contributed by atoms with Crippen LogP contribution in [0.3, 0.4) is 0 Å². The number of sulfone groups is 1. The molecule has 1 aromatic heterocycles. The third-order valence-corrected chi connectivity index (χ3v) is 7.17. The van der Waals surface area contributed by atoms with E-state index in [0.29, 0.717) is 24.3 Å². The molecule has 1 saturated carbocycles. The Balaban J connectivity index is 1.52. The fourth-order valence-corrected chi connectivity index (χ4v) is 5.35. The summed E-state index contributed by atoms with van der Waals surface area (Å²) in [6, 6.07) is 6.10. The van der Waals surface area contributed by atoms with Crippen molar-refractivity contribution in [3.8, 4) is 0 Å². The zero-order valence-corrected chi connectivity index (χ0v) is 16.1. The van der Waals surface area contributed by atoms with Gasteiger partial charge in [-0.1, -0.05) is 17.7 Å². The molecule has 0 bridgehead atoms. The van der Waals surface area contributed by atoms with Crippen molar-refractivity contribution in [1.82, 2.24) is 9.97 Å². The lowest BCUT2D eigenvalue weighted by molar-refractivity contribution is -0.145. The van der Waals surface area contributed by atoms with E-state index in [2.05, 4.69) is 9.97 Å². The molecular weight excluding hydrogens is 417 g/mol. The molecule has 1 aromatic carbocycles. The van der Waals surface area contributed by atoms with Crippen LogP contribution in [0.4, 0.5) is 13.2 Å². The van der Waals surface area contributed by atoms with E-state index in [4.69, 9.17) is 11.6 Å². The molecule has 1 aliphatic carbocycles. The summed E-state index contributed by atoms with van der Waals surface area (Å²) in [5.41, 5.74) is 0.00965. The van der Waals surface area contributed by atoms with Crippen LogP contribution in [0.25, 0.3) is 0 Å². The van der Waals surface area contributed by atoms with Gasteiger partial charge in [-0.25, -0.2) is 18.4 Å². The van der Waals surface area contributed by atoms with Gasteiger partial charge in [-0.2, -0.15) is 13.2 Å². The lowest BCUT2D eigenvalue weighted by Crippen LogP contribution is -2.36. The van der Waals surface area contributed by atoms with Crippen LogP contribution in [0.15, 0.2) is 41.6 Å². The number of aromatic nitrogens is 2. The molecule has 1 fully saturated rings. The van der Waals surface area contributed by atoms with Gasteiger partial charge in [0.25, 0.3) is 0 Å². The summed E-state index contributed by atoms with van der Waals surface area (Å²) in [7, 11) is -3.46. The Kier molecular flexibility index (Phi) is 5.77. The second kappa shape index (κ2) is 7.79. The third-order valence-electron chi connectivity index (χ3n) is 4.76. The number of rotatable bonds is 6. The Morgan fingerprint density at radius 2 is 1.82 bits per heavy atom. The molecule has 0 N–H and O–H groups in total. The van der Waals surface area contributed by atoms with Crippen molar-refractivity contribution in [2.24, 2.45) is 5.92 Å². The lowest BCUT2D eigenvalue weighted by Gasteiger charge is -2.34. The van der Waals surface area contributed by atoms with E-state index in [9.17, 15) is 26.4 Å². The van der Waals surface area contributed by atoms with E-state index < -0.39 is 27.1 Å². The van der Waals surface area contributed by atoms with E-state index in [1.54, 1.807) is 12.1 Å². The summed E-state index contributed by atoms with van der Waals surface area (Å²) < 4.78 is 62.4. The average molecular weight is 433 g/mol. The van der Waals surface area contributed by atoms with Crippen LogP contribution >= 0.6 is 11.6 Å². The highest BCUT2D eigenvalue weighted by atomic mass is 35.5. The molecule has 10 heteroatoms. The highest BCUT2D eigenvalue weighted by molar-refractivity contribution is 7.92. The van der Waals surface area contributed by atoms with Crippen LogP contribution in [0, 0.1) is 5.92 Å². The van der Waals surface area contributed by atoms with Crippen LogP contribution in [0.2, 0.25) is 5.02 Å². The third kappa shape index (κ3) is 4.52. The number of benzene rings is 1. The van der Waals surface area contributed by atoms with E-state index in [0.717, 1.165) is 12.4 Å². The summed E-state index contributed by atoms with van der Waals surface area (Å²) in [6.07, 6.45) is -1.49. The Bertz CT molecular complexity index is 972. The topological polar surface area (TPSA) is 77.0 Å². The number of halogens is 4. The van der Waals surface area contributed by atoms with Gasteiger partial charge in [0.2, 0.25) is 5.82 Å². The molecule has 0 unspecified atom stereocenters. The van der Waals surface area contributed by atoms with Gasteiger partial charge in [0.05, 0.1) is 15.7 Å². The predicted molar refractivity (Wildman–Crippen MR) is 95.7 cm³/mol. The molecule has 0 spiro atoms. The molecule has 28 heavy (non-hydrogen) atoms. The number of carbonyl (C=O) groups is 1. The van der Waals surface area contributed by atoms with Crippen LogP contribution < -0.4 is 0 Å². The van der Waals surface area contributed by atoms with Gasteiger partial charge in [-0.15, -0.1) is 0 Å². The zero-order valence-electron chi connectivity index (χ0n) is 14.5. The molecular formula is C18H16ClF3N2O3S. The predicted octanol–water partition coefficient (Wildman–Crippen LogP) is 4.36. The number of Topliss-reactive ketones (excluding diaryl/α,β-unsaturated/α-hetero) is 1. The second-order valence-electron chi connectivity index (χ2n) is 6.72. The standard InChI is InChI=1S/C18H16ClF3N2O3S/c19-13-2-1-3-14(8-13)28(26,27)15-6-11(7-15)4-5-16(25)12-9-23-17(24-10-12)18(20,21)22/h1-3,8-11,15H,4-7H2. The number of carbonyl (C=O) groups excluding carboxylic acids is 1. The molecule has 0 saturated heterocycles. The van der Waals surface area contributed by atoms with Crippen LogP contribution in [0.1, 0.15) is 41.9 Å². The van der Waals surface area contributed by atoms with E-state index in [1.807, 2.05) is 0 Å². The van der Waals surface area contributed by atoms with Crippen molar-refractivity contribution < 1.29 is 26.4 Å². The van der Waals surface area contributed by atoms with Gasteiger partial charge < -0.3 is 0 Å². The van der Waals surface area contributed by atoms with Gasteiger partial charge in [0.15, 0.2) is 15.6 Å². The number of hydrogen-bond donors (Lipinski definition) is 0. The lowest BCUT2D eigenvalue weighted by atomic mass is 9.81. The highest BCUT2D eigenvalue weighted by Gasteiger charge is 2.39. The second-order valence-corrected chi connectivity index (χ2v) is 9.38. The molecule has 3 rings (SSSR count). The maximum absolute atomic E-state index is 12.6. The number of nitrogens with zero attached hydrogens (tertiary/aromatic N) is 2. The minimum absolute atomic E-state index is 0.00965. The maximum Gasteiger partial charge on any atom is 0.451 e. The van der Waals surface area contributed by atoms with Crippen LogP contribution in [-0.2, 0) is 16.0 Å². The van der Waals surface area contributed by atoms with E-state index in [-0.39, 0.29) is 28.6 Å². The summed E-state index contributed by atoms with van der Waals surface area (Å²) in [5.74, 6) is -1.59. The molecule has 2 aromatic rings. The number of ketones is 1. The van der Waals surface area contributed by atoms with Crippen LogP contribution in [-0.4, -0.2) is 29.4 Å². The van der Waals surface area contributed by atoms with E-state index >= 15 is 0 Å². The zero-order chi connectivity index (χ0) is 20.5. The summed E-state index contributed by atoms with van der Waals surface area (Å²) >= 11 is 5.85. The molecule has 5 nitrogen and oxygen atoms in total. The first-order valence-electron chi connectivity index (χ1n) is 8.49. The fourth-order valence-electron chi connectivity index (χ4n) is 3.10. The van der Waals surface area contributed by atoms with Gasteiger partial charge >= 0.3 is 6.18 Å². The van der Waals surface area contributed by atoms with Crippen molar-refractivity contribution in [3.05, 3.63) is 53.1 Å². The van der Waals surface area contributed by atoms with Crippen molar-refractivity contribution in [2.45, 2.75) is 42.0 Å². The minimum Gasteiger partial charge on any atom is -0.294 e. The molecule has 0 aliphatic heterocycles. The van der Waals surface area contributed by atoms with Gasteiger partial charge in [0.1, 0.15) is 0 Å². The first kappa shape index (κ1) is 20.7. The largest absolute Gasteiger partial charge is 0.451 e. The smallest absolute Gasteiger partial charge is 0.294 e. The maximum atomic E-state index is 12.6. The van der Waals surface area contributed by atoms with E-state index in [1.165, 1.54) is 12.1 Å². The quantitative estimate of drug-likeness (QED) is 0.634. The summed E-state index contributed by atoms with van der Waals surface area (Å²) in [6.45, 7) is 0.